The largest absolute Gasteiger partial charge is 0.330 e. The van der Waals surface area contributed by atoms with Gasteiger partial charge in [0, 0.05) is 0 Å². The zero-order valence-electron chi connectivity index (χ0n) is 7.19. The minimum absolute atomic E-state index is 0.399. The third-order valence-electron chi connectivity index (χ3n) is 2.24. The zero-order valence-corrected chi connectivity index (χ0v) is 7.19. The third-order valence-corrected chi connectivity index (χ3v) is 2.24. The number of hydrogen-bond acceptors (Lipinski definition) is 1. The minimum Gasteiger partial charge on any atom is -0.330 e. The molecular weight excluding hydrogens is 122 g/mol. The molecule has 0 aromatic heterocycles. The highest BCUT2D eigenvalue weighted by atomic mass is 14.5. The lowest BCUT2D eigenvalue weighted by atomic mass is 9.81. The molecule has 0 aliphatic carbocycles. The molecule has 0 radical (unpaired) electrons. The SMILES string of the molecule is C=CC[C@@](C)(CC)CCN. The standard InChI is InChI=1S/C9H19N/c1-4-6-9(3,5-2)7-8-10/h4H,1,5-8,10H2,2-3H3/t9-/m1/s1. The summed E-state index contributed by atoms with van der Waals surface area (Å²) in [5.74, 6) is 0. The lowest BCUT2D eigenvalue weighted by Crippen LogP contribution is -2.18. The Morgan fingerprint density at radius 3 is 2.50 bits per heavy atom. The van der Waals surface area contributed by atoms with Gasteiger partial charge in [0.15, 0.2) is 0 Å². The average Bonchev–Trinajstić information content (AvgIpc) is 1.89. The Hall–Kier alpha value is -0.300. The van der Waals surface area contributed by atoms with Crippen molar-refractivity contribution in [1.29, 1.82) is 0 Å². The second-order valence-electron chi connectivity index (χ2n) is 3.20. The van der Waals surface area contributed by atoms with Gasteiger partial charge in [-0.3, -0.25) is 0 Å². The van der Waals surface area contributed by atoms with Crippen molar-refractivity contribution in [3.8, 4) is 0 Å². The fourth-order valence-electron chi connectivity index (χ4n) is 1.12. The van der Waals surface area contributed by atoms with Crippen LogP contribution in [0.1, 0.15) is 33.1 Å². The molecule has 0 amide bonds. The van der Waals surface area contributed by atoms with Crippen molar-refractivity contribution in [2.75, 3.05) is 6.54 Å². The molecule has 0 rings (SSSR count). The molecule has 0 aromatic rings. The van der Waals surface area contributed by atoms with E-state index in [1.807, 2.05) is 6.08 Å². The Bertz CT molecular complexity index is 98.9. The van der Waals surface area contributed by atoms with Gasteiger partial charge in [0.2, 0.25) is 0 Å². The number of rotatable bonds is 5. The van der Waals surface area contributed by atoms with Crippen LogP contribution in [0.2, 0.25) is 0 Å². The lowest BCUT2D eigenvalue weighted by molar-refractivity contribution is 0.294. The van der Waals surface area contributed by atoms with E-state index in [2.05, 4.69) is 20.4 Å². The maximum atomic E-state index is 5.49. The average molecular weight is 141 g/mol. The third kappa shape index (κ3) is 3.02. The predicted octanol–water partition coefficient (Wildman–Crippen LogP) is 2.33. The first-order valence-electron chi connectivity index (χ1n) is 3.99. The summed E-state index contributed by atoms with van der Waals surface area (Å²) in [6.45, 7) is 9.00. The Morgan fingerprint density at radius 1 is 1.60 bits per heavy atom. The molecule has 0 spiro atoms. The van der Waals surface area contributed by atoms with E-state index in [4.69, 9.17) is 5.73 Å². The monoisotopic (exact) mass is 141 g/mol. The van der Waals surface area contributed by atoms with Gasteiger partial charge in [-0.1, -0.05) is 26.3 Å². The van der Waals surface area contributed by atoms with Gasteiger partial charge in [0.05, 0.1) is 0 Å². The Labute approximate surface area is 64.3 Å². The molecule has 1 heteroatoms. The van der Waals surface area contributed by atoms with Crippen LogP contribution in [0.25, 0.3) is 0 Å². The van der Waals surface area contributed by atoms with E-state index in [0.29, 0.717) is 5.41 Å². The normalized spacial score (nSPS) is 16.3. The Balaban J connectivity index is 3.80. The van der Waals surface area contributed by atoms with Crippen molar-refractivity contribution < 1.29 is 0 Å². The number of nitrogens with two attached hydrogens (primary N) is 1. The first-order valence-corrected chi connectivity index (χ1v) is 3.99. The maximum Gasteiger partial charge on any atom is -0.00720 e. The number of hydrogen-bond donors (Lipinski definition) is 1. The van der Waals surface area contributed by atoms with Crippen molar-refractivity contribution in [3.05, 3.63) is 12.7 Å². The summed E-state index contributed by atoms with van der Waals surface area (Å²) in [5, 5.41) is 0. The van der Waals surface area contributed by atoms with Crippen molar-refractivity contribution in [2.24, 2.45) is 11.1 Å². The fourth-order valence-corrected chi connectivity index (χ4v) is 1.12. The van der Waals surface area contributed by atoms with Gasteiger partial charge >= 0.3 is 0 Å². The fraction of sp³-hybridized carbons (Fsp3) is 0.778. The van der Waals surface area contributed by atoms with Crippen LogP contribution in [0.15, 0.2) is 12.7 Å². The summed E-state index contributed by atoms with van der Waals surface area (Å²) in [5.41, 5.74) is 5.89. The molecule has 0 bridgehead atoms. The molecule has 0 fully saturated rings. The Kier molecular flexibility index (Phi) is 4.37. The summed E-state index contributed by atoms with van der Waals surface area (Å²) < 4.78 is 0. The van der Waals surface area contributed by atoms with Crippen LogP contribution < -0.4 is 5.73 Å². The molecule has 0 saturated carbocycles. The maximum absolute atomic E-state index is 5.49. The molecule has 0 heterocycles. The van der Waals surface area contributed by atoms with Gasteiger partial charge in [0.1, 0.15) is 0 Å². The molecule has 0 aliphatic rings. The highest BCUT2D eigenvalue weighted by Crippen LogP contribution is 2.29. The summed E-state index contributed by atoms with van der Waals surface area (Å²) in [4.78, 5) is 0. The van der Waals surface area contributed by atoms with Gasteiger partial charge in [-0.25, -0.2) is 0 Å². The summed E-state index contributed by atoms with van der Waals surface area (Å²) in [6, 6.07) is 0. The van der Waals surface area contributed by atoms with Crippen LogP contribution in [-0.2, 0) is 0 Å². The highest BCUT2D eigenvalue weighted by molar-refractivity contribution is 4.82. The molecule has 0 aromatic carbocycles. The molecule has 1 atom stereocenters. The van der Waals surface area contributed by atoms with Crippen LogP contribution in [0.4, 0.5) is 0 Å². The first-order chi connectivity index (χ1) is 4.68. The Morgan fingerprint density at radius 2 is 2.20 bits per heavy atom. The van der Waals surface area contributed by atoms with E-state index in [1.54, 1.807) is 0 Å². The van der Waals surface area contributed by atoms with E-state index >= 15 is 0 Å². The van der Waals surface area contributed by atoms with Crippen molar-refractivity contribution >= 4 is 0 Å². The smallest absolute Gasteiger partial charge is 0.00720 e. The van der Waals surface area contributed by atoms with Crippen LogP contribution in [0.3, 0.4) is 0 Å². The molecule has 1 nitrogen and oxygen atoms in total. The van der Waals surface area contributed by atoms with Crippen LogP contribution >= 0.6 is 0 Å². The van der Waals surface area contributed by atoms with Gasteiger partial charge in [-0.05, 0) is 24.8 Å². The van der Waals surface area contributed by atoms with Crippen LogP contribution in [0, 0.1) is 5.41 Å². The van der Waals surface area contributed by atoms with E-state index < -0.39 is 0 Å². The highest BCUT2D eigenvalue weighted by Gasteiger charge is 2.18. The number of allylic oxidation sites excluding steroid dienone is 1. The minimum atomic E-state index is 0.399. The second kappa shape index (κ2) is 4.51. The van der Waals surface area contributed by atoms with Crippen LogP contribution in [-0.4, -0.2) is 6.54 Å². The van der Waals surface area contributed by atoms with E-state index in [9.17, 15) is 0 Å². The summed E-state index contributed by atoms with van der Waals surface area (Å²) in [7, 11) is 0. The van der Waals surface area contributed by atoms with Gasteiger partial charge in [-0.15, -0.1) is 6.58 Å². The summed E-state index contributed by atoms with van der Waals surface area (Å²) >= 11 is 0. The molecule has 0 saturated heterocycles. The van der Waals surface area contributed by atoms with Crippen LogP contribution in [0.5, 0.6) is 0 Å². The first kappa shape index (κ1) is 9.70. The quantitative estimate of drug-likeness (QED) is 0.584. The lowest BCUT2D eigenvalue weighted by Gasteiger charge is -2.25. The second-order valence-corrected chi connectivity index (χ2v) is 3.20. The van der Waals surface area contributed by atoms with Crippen molar-refractivity contribution in [3.63, 3.8) is 0 Å². The van der Waals surface area contributed by atoms with Crippen molar-refractivity contribution in [2.45, 2.75) is 33.1 Å². The van der Waals surface area contributed by atoms with E-state index in [-0.39, 0.29) is 0 Å². The van der Waals surface area contributed by atoms with Gasteiger partial charge < -0.3 is 5.73 Å². The predicted molar refractivity (Wildman–Crippen MR) is 46.9 cm³/mol. The topological polar surface area (TPSA) is 26.0 Å². The summed E-state index contributed by atoms with van der Waals surface area (Å²) in [6.07, 6.45) is 5.37. The molecule has 2 N–H and O–H groups in total. The van der Waals surface area contributed by atoms with Gasteiger partial charge in [-0.2, -0.15) is 0 Å². The molecule has 60 valence electrons. The molecule has 0 unspecified atom stereocenters. The molecule has 10 heavy (non-hydrogen) atoms. The zero-order chi connectivity index (χ0) is 8.04. The van der Waals surface area contributed by atoms with Crippen molar-refractivity contribution in [1.82, 2.24) is 0 Å². The molecule has 0 aliphatic heterocycles. The van der Waals surface area contributed by atoms with Gasteiger partial charge in [0.25, 0.3) is 0 Å². The molecular formula is C9H19N. The van der Waals surface area contributed by atoms with E-state index in [1.165, 1.54) is 6.42 Å². The van der Waals surface area contributed by atoms with E-state index in [0.717, 1.165) is 19.4 Å².